The van der Waals surface area contributed by atoms with Crippen molar-refractivity contribution in [2.24, 2.45) is 0 Å². The molecule has 0 unspecified atom stereocenters. The Kier molecular flexibility index (Phi) is 10.4. The highest BCUT2D eigenvalue weighted by atomic mass is 16.6. The van der Waals surface area contributed by atoms with Crippen molar-refractivity contribution < 1.29 is 34.8 Å². The third-order valence-electron chi connectivity index (χ3n) is 1.96. The van der Waals surface area contributed by atoms with Crippen molar-refractivity contribution in [1.29, 1.82) is 0 Å². The summed E-state index contributed by atoms with van der Waals surface area (Å²) in [6.45, 7) is 8.20. The normalized spacial score (nSPS) is 8.05. The molecule has 0 fully saturated rings. The first kappa shape index (κ1) is 20.2. The molecule has 21 heavy (non-hydrogen) atoms. The largest absolute Gasteiger partial charge is 0.503 e. The summed E-state index contributed by atoms with van der Waals surface area (Å²) in [7, 11) is 0. The summed E-state index contributed by atoms with van der Waals surface area (Å²) < 4.78 is 0. The van der Waals surface area contributed by atoms with E-state index < -0.39 is 18.1 Å². The molecule has 0 bridgehead atoms. The van der Waals surface area contributed by atoms with E-state index in [-0.39, 0.29) is 16.7 Å². The summed E-state index contributed by atoms with van der Waals surface area (Å²) in [5.41, 5.74) is 0.335. The SMILES string of the molecule is C=CC=C.Cc1c(C(=O)O)cccc1C(=O)O.O=C(O)O. The molecule has 0 amide bonds. The van der Waals surface area contributed by atoms with Crippen LogP contribution < -0.4 is 0 Å². The minimum absolute atomic E-state index is 0.0277. The minimum Gasteiger partial charge on any atom is -0.478 e. The smallest absolute Gasteiger partial charge is 0.478 e. The molecule has 7 nitrogen and oxygen atoms in total. The fraction of sp³-hybridized carbons (Fsp3) is 0.0714. The van der Waals surface area contributed by atoms with Gasteiger partial charge in [-0.25, -0.2) is 14.4 Å². The Hall–Kier alpha value is -3.09. The fourth-order valence-electron chi connectivity index (χ4n) is 1.10. The molecule has 114 valence electrons. The maximum absolute atomic E-state index is 10.6. The molecule has 4 N–H and O–H groups in total. The summed E-state index contributed by atoms with van der Waals surface area (Å²) in [6.07, 6.45) is 1.44. The molecule has 7 heteroatoms. The molecule has 0 aromatic heterocycles. The van der Waals surface area contributed by atoms with Crippen molar-refractivity contribution in [3.05, 3.63) is 60.2 Å². The second kappa shape index (κ2) is 10.8. The number of carboxylic acid groups (broad SMARTS) is 4. The van der Waals surface area contributed by atoms with Gasteiger partial charge in [0.15, 0.2) is 0 Å². The Morgan fingerprint density at radius 1 is 0.905 bits per heavy atom. The standard InChI is InChI=1S/C9H8O4.C4H6.CH2O3/c1-5-6(8(10)11)3-2-4-7(5)9(12)13;1-3-4-2;2-1(3)4/h2-4H,1H3,(H,10,11)(H,12,13);3-4H,1-2H2;(H2,2,3,4). The van der Waals surface area contributed by atoms with Crippen LogP contribution in [0.15, 0.2) is 43.5 Å². The molecule has 0 atom stereocenters. The van der Waals surface area contributed by atoms with E-state index in [0.717, 1.165) is 0 Å². The van der Waals surface area contributed by atoms with E-state index in [2.05, 4.69) is 13.2 Å². The summed E-state index contributed by atoms with van der Waals surface area (Å²) in [6, 6.07) is 4.17. The van der Waals surface area contributed by atoms with Gasteiger partial charge in [0, 0.05) is 0 Å². The maximum Gasteiger partial charge on any atom is 0.503 e. The fourth-order valence-corrected chi connectivity index (χ4v) is 1.10. The van der Waals surface area contributed by atoms with Crippen LogP contribution in [-0.4, -0.2) is 38.5 Å². The van der Waals surface area contributed by atoms with E-state index >= 15 is 0 Å². The Morgan fingerprint density at radius 2 is 1.19 bits per heavy atom. The van der Waals surface area contributed by atoms with Gasteiger partial charge in [0.1, 0.15) is 0 Å². The van der Waals surface area contributed by atoms with Crippen LogP contribution in [0.4, 0.5) is 4.79 Å². The molecule has 0 aliphatic carbocycles. The van der Waals surface area contributed by atoms with Crippen molar-refractivity contribution in [2.75, 3.05) is 0 Å². The van der Waals surface area contributed by atoms with Crippen LogP contribution in [0, 0.1) is 6.92 Å². The van der Waals surface area contributed by atoms with Crippen LogP contribution in [0.2, 0.25) is 0 Å². The summed E-state index contributed by atoms with van der Waals surface area (Å²) in [5, 5.41) is 31.3. The van der Waals surface area contributed by atoms with Crippen molar-refractivity contribution in [1.82, 2.24) is 0 Å². The van der Waals surface area contributed by atoms with E-state index in [1.165, 1.54) is 25.1 Å². The van der Waals surface area contributed by atoms with Gasteiger partial charge >= 0.3 is 18.1 Å². The summed E-state index contributed by atoms with van der Waals surface area (Å²) >= 11 is 0. The van der Waals surface area contributed by atoms with Crippen molar-refractivity contribution in [3.8, 4) is 0 Å². The first-order valence-electron chi connectivity index (χ1n) is 5.40. The first-order valence-corrected chi connectivity index (χ1v) is 5.40. The van der Waals surface area contributed by atoms with Crippen molar-refractivity contribution >= 4 is 18.1 Å². The molecule has 0 saturated carbocycles. The number of carbonyl (C=O) groups is 3. The molecule has 0 aliphatic heterocycles. The second-order valence-corrected chi connectivity index (χ2v) is 3.34. The van der Waals surface area contributed by atoms with Gasteiger partial charge in [-0.1, -0.05) is 31.4 Å². The minimum atomic E-state index is -1.83. The second-order valence-electron chi connectivity index (χ2n) is 3.34. The van der Waals surface area contributed by atoms with E-state index in [1.807, 2.05) is 0 Å². The van der Waals surface area contributed by atoms with Gasteiger partial charge in [-0.05, 0) is 24.6 Å². The number of benzene rings is 1. The molecule has 0 heterocycles. The number of rotatable bonds is 3. The number of hydrogen-bond donors (Lipinski definition) is 4. The predicted octanol–water partition coefficient (Wildman–Crippen LogP) is 2.97. The average Bonchev–Trinajstić information content (AvgIpc) is 2.38. The van der Waals surface area contributed by atoms with Gasteiger partial charge in [-0.3, -0.25) is 0 Å². The van der Waals surface area contributed by atoms with E-state index in [4.69, 9.17) is 25.2 Å². The van der Waals surface area contributed by atoms with Gasteiger partial charge in [0.2, 0.25) is 0 Å². The van der Waals surface area contributed by atoms with Crippen molar-refractivity contribution in [2.45, 2.75) is 6.92 Å². The summed E-state index contributed by atoms with van der Waals surface area (Å²) in [4.78, 5) is 29.8. The highest BCUT2D eigenvalue weighted by Crippen LogP contribution is 2.13. The molecular formula is C14H16O7. The Labute approximate surface area is 121 Å². The van der Waals surface area contributed by atoms with Crippen LogP contribution >= 0.6 is 0 Å². The molecule has 0 saturated heterocycles. The quantitative estimate of drug-likeness (QED) is 0.630. The van der Waals surface area contributed by atoms with Gasteiger partial charge < -0.3 is 20.4 Å². The zero-order valence-corrected chi connectivity index (χ0v) is 11.3. The molecule has 0 aliphatic rings. The third-order valence-corrected chi connectivity index (χ3v) is 1.96. The van der Waals surface area contributed by atoms with Crippen molar-refractivity contribution in [3.63, 3.8) is 0 Å². The molecule has 1 aromatic rings. The molecule has 1 rings (SSSR count). The number of aromatic carboxylic acids is 2. The van der Waals surface area contributed by atoms with Crippen LogP contribution in [0.5, 0.6) is 0 Å². The number of hydrogen-bond acceptors (Lipinski definition) is 3. The first-order chi connectivity index (χ1) is 9.68. The van der Waals surface area contributed by atoms with E-state index in [1.54, 1.807) is 12.2 Å². The van der Waals surface area contributed by atoms with Crippen LogP contribution in [0.3, 0.4) is 0 Å². The predicted molar refractivity (Wildman–Crippen MR) is 76.1 cm³/mol. The topological polar surface area (TPSA) is 132 Å². The van der Waals surface area contributed by atoms with Gasteiger partial charge in [0.25, 0.3) is 0 Å². The van der Waals surface area contributed by atoms with Crippen LogP contribution in [-0.2, 0) is 0 Å². The zero-order valence-electron chi connectivity index (χ0n) is 11.3. The lowest BCUT2D eigenvalue weighted by molar-refractivity contribution is 0.0696. The lowest BCUT2D eigenvalue weighted by Gasteiger charge is -2.03. The number of allylic oxidation sites excluding steroid dienone is 2. The molecule has 1 aromatic carbocycles. The Morgan fingerprint density at radius 3 is 1.38 bits per heavy atom. The average molecular weight is 296 g/mol. The highest BCUT2D eigenvalue weighted by molar-refractivity contribution is 5.96. The van der Waals surface area contributed by atoms with Gasteiger partial charge in [-0.2, -0.15) is 0 Å². The molecule has 0 spiro atoms. The third kappa shape index (κ3) is 9.48. The van der Waals surface area contributed by atoms with Crippen LogP contribution in [0.1, 0.15) is 26.3 Å². The zero-order chi connectivity index (χ0) is 17.0. The Bertz CT molecular complexity index is 490. The van der Waals surface area contributed by atoms with Gasteiger partial charge in [-0.15, -0.1) is 0 Å². The van der Waals surface area contributed by atoms with Gasteiger partial charge in [0.05, 0.1) is 11.1 Å². The molecular weight excluding hydrogens is 280 g/mol. The number of carboxylic acids is 2. The lowest BCUT2D eigenvalue weighted by Crippen LogP contribution is -2.06. The van der Waals surface area contributed by atoms with Crippen LogP contribution in [0.25, 0.3) is 0 Å². The molecule has 0 radical (unpaired) electrons. The monoisotopic (exact) mass is 296 g/mol. The highest BCUT2D eigenvalue weighted by Gasteiger charge is 2.13. The lowest BCUT2D eigenvalue weighted by atomic mass is 10.0. The maximum atomic E-state index is 10.6. The Balaban J connectivity index is 0. The van der Waals surface area contributed by atoms with E-state index in [0.29, 0.717) is 0 Å². The van der Waals surface area contributed by atoms with E-state index in [9.17, 15) is 9.59 Å². The summed E-state index contributed by atoms with van der Waals surface area (Å²) in [5.74, 6) is -2.22.